The standard InChI is InChI=1S/C27H24ClNO3/c1-3-31-25-15-26-23(24(17-32-26)20-9-11-21(28)12-10-20)14-22(25)18(2)13-27(30)29-16-19-7-5-4-6-8-19/h4-15,17H,3,16H2,1-2H3,(H,29,30)/b18-13+. The number of carbonyl (C=O) groups excluding carboxylic acids is 1. The highest BCUT2D eigenvalue weighted by Gasteiger charge is 2.15. The van der Waals surface area contributed by atoms with Crippen LogP contribution < -0.4 is 10.1 Å². The predicted molar refractivity (Wildman–Crippen MR) is 130 cm³/mol. The van der Waals surface area contributed by atoms with Gasteiger partial charge in [0.2, 0.25) is 5.91 Å². The molecule has 32 heavy (non-hydrogen) atoms. The monoisotopic (exact) mass is 445 g/mol. The largest absolute Gasteiger partial charge is 0.493 e. The zero-order chi connectivity index (χ0) is 22.5. The van der Waals surface area contributed by atoms with Gasteiger partial charge < -0.3 is 14.5 Å². The molecule has 0 fully saturated rings. The Balaban J connectivity index is 1.66. The van der Waals surface area contributed by atoms with Crippen molar-refractivity contribution in [2.24, 2.45) is 0 Å². The summed E-state index contributed by atoms with van der Waals surface area (Å²) >= 11 is 6.04. The predicted octanol–water partition coefficient (Wildman–Crippen LogP) is 6.87. The maximum absolute atomic E-state index is 12.5. The molecule has 4 nitrogen and oxygen atoms in total. The van der Waals surface area contributed by atoms with Crippen LogP contribution in [0.3, 0.4) is 0 Å². The third kappa shape index (κ3) is 4.87. The second kappa shape index (κ2) is 9.75. The van der Waals surface area contributed by atoms with E-state index in [2.05, 4.69) is 5.32 Å². The number of carbonyl (C=O) groups is 1. The molecule has 1 aromatic heterocycles. The highest BCUT2D eigenvalue weighted by atomic mass is 35.5. The third-order valence-electron chi connectivity index (χ3n) is 5.21. The fourth-order valence-electron chi connectivity index (χ4n) is 3.60. The van der Waals surface area contributed by atoms with E-state index in [0.717, 1.165) is 38.8 Å². The number of fused-ring (bicyclic) bond motifs is 1. The van der Waals surface area contributed by atoms with Crippen LogP contribution in [0.2, 0.25) is 5.02 Å². The first-order valence-electron chi connectivity index (χ1n) is 10.5. The molecule has 1 heterocycles. The number of allylic oxidation sites excluding steroid dienone is 1. The lowest BCUT2D eigenvalue weighted by molar-refractivity contribution is -0.116. The molecular weight excluding hydrogens is 422 g/mol. The van der Waals surface area contributed by atoms with Crippen molar-refractivity contribution >= 4 is 34.1 Å². The molecule has 5 heteroatoms. The molecule has 0 aliphatic heterocycles. The van der Waals surface area contributed by atoms with E-state index >= 15 is 0 Å². The quantitative estimate of drug-likeness (QED) is 0.316. The van der Waals surface area contributed by atoms with Gasteiger partial charge in [0.25, 0.3) is 0 Å². The van der Waals surface area contributed by atoms with Crippen molar-refractivity contribution in [1.82, 2.24) is 5.32 Å². The normalized spacial score (nSPS) is 11.5. The van der Waals surface area contributed by atoms with Gasteiger partial charge in [0.05, 0.1) is 12.9 Å². The number of hydrogen-bond acceptors (Lipinski definition) is 3. The summed E-state index contributed by atoms with van der Waals surface area (Å²) in [7, 11) is 0. The fraction of sp³-hybridized carbons (Fsp3) is 0.148. The van der Waals surface area contributed by atoms with Crippen molar-refractivity contribution in [3.05, 3.63) is 95.2 Å². The first-order chi connectivity index (χ1) is 15.5. The van der Waals surface area contributed by atoms with Gasteiger partial charge in [-0.15, -0.1) is 0 Å². The molecule has 0 saturated carbocycles. The third-order valence-corrected chi connectivity index (χ3v) is 5.46. The average molecular weight is 446 g/mol. The molecule has 1 amide bonds. The Kier molecular flexibility index (Phi) is 6.62. The maximum Gasteiger partial charge on any atom is 0.244 e. The lowest BCUT2D eigenvalue weighted by Gasteiger charge is -2.12. The van der Waals surface area contributed by atoms with Gasteiger partial charge in [0.1, 0.15) is 11.3 Å². The topological polar surface area (TPSA) is 51.5 Å². The lowest BCUT2D eigenvalue weighted by Crippen LogP contribution is -2.20. The zero-order valence-corrected chi connectivity index (χ0v) is 18.8. The highest BCUT2D eigenvalue weighted by Crippen LogP contribution is 2.37. The molecule has 0 bridgehead atoms. The summed E-state index contributed by atoms with van der Waals surface area (Å²) in [6.45, 7) is 4.83. The highest BCUT2D eigenvalue weighted by molar-refractivity contribution is 6.30. The van der Waals surface area contributed by atoms with Crippen LogP contribution in [-0.4, -0.2) is 12.5 Å². The van der Waals surface area contributed by atoms with Crippen molar-refractivity contribution in [3.63, 3.8) is 0 Å². The van der Waals surface area contributed by atoms with Crippen LogP contribution in [0.1, 0.15) is 25.0 Å². The van der Waals surface area contributed by atoms with Gasteiger partial charge >= 0.3 is 0 Å². The van der Waals surface area contributed by atoms with Gasteiger partial charge in [-0.05, 0) is 48.7 Å². The molecule has 162 valence electrons. The molecule has 4 aromatic rings. The number of furan rings is 1. The van der Waals surface area contributed by atoms with E-state index in [9.17, 15) is 4.79 Å². The van der Waals surface area contributed by atoms with Gasteiger partial charge in [-0.2, -0.15) is 0 Å². The molecule has 4 rings (SSSR count). The minimum Gasteiger partial charge on any atom is -0.493 e. The summed E-state index contributed by atoms with van der Waals surface area (Å²) in [6, 6.07) is 21.4. The van der Waals surface area contributed by atoms with Crippen molar-refractivity contribution in [3.8, 4) is 16.9 Å². The summed E-state index contributed by atoms with van der Waals surface area (Å²) in [6.07, 6.45) is 3.34. The molecule has 0 spiro atoms. The smallest absolute Gasteiger partial charge is 0.244 e. The van der Waals surface area contributed by atoms with Crippen LogP contribution in [0.15, 0.2) is 83.5 Å². The summed E-state index contributed by atoms with van der Waals surface area (Å²) in [5, 5.41) is 4.57. The van der Waals surface area contributed by atoms with Gasteiger partial charge in [-0.3, -0.25) is 4.79 Å². The SMILES string of the molecule is CCOc1cc2occ(-c3ccc(Cl)cc3)c2cc1/C(C)=C/C(=O)NCc1ccccc1. The van der Waals surface area contributed by atoms with Crippen LogP contribution in [0.25, 0.3) is 27.7 Å². The Hall–Kier alpha value is -3.50. The van der Waals surface area contributed by atoms with Gasteiger partial charge in [0, 0.05) is 40.2 Å². The molecule has 0 unspecified atom stereocenters. The van der Waals surface area contributed by atoms with Gasteiger partial charge in [-0.1, -0.05) is 54.1 Å². The lowest BCUT2D eigenvalue weighted by atomic mass is 9.99. The van der Waals surface area contributed by atoms with Crippen molar-refractivity contribution in [1.29, 1.82) is 0 Å². The molecule has 0 aliphatic rings. The van der Waals surface area contributed by atoms with E-state index in [4.69, 9.17) is 20.8 Å². The zero-order valence-electron chi connectivity index (χ0n) is 18.0. The van der Waals surface area contributed by atoms with E-state index in [-0.39, 0.29) is 5.91 Å². The number of amides is 1. The second-order valence-corrected chi connectivity index (χ2v) is 7.90. The van der Waals surface area contributed by atoms with E-state index in [1.165, 1.54) is 0 Å². The molecule has 0 saturated heterocycles. The van der Waals surface area contributed by atoms with E-state index in [0.29, 0.717) is 23.9 Å². The Labute approximate surface area is 192 Å². The number of ether oxygens (including phenoxy) is 1. The van der Waals surface area contributed by atoms with Gasteiger partial charge in [0.15, 0.2) is 0 Å². The minimum absolute atomic E-state index is 0.154. The number of halogens is 1. The summed E-state index contributed by atoms with van der Waals surface area (Å²) in [5.74, 6) is 0.528. The maximum atomic E-state index is 12.5. The van der Waals surface area contributed by atoms with Crippen molar-refractivity contribution < 1.29 is 13.9 Å². The molecule has 0 atom stereocenters. The number of rotatable bonds is 7. The average Bonchev–Trinajstić information content (AvgIpc) is 3.21. The molecule has 3 aromatic carbocycles. The Bertz CT molecular complexity index is 1260. The van der Waals surface area contributed by atoms with E-state index in [1.807, 2.05) is 80.6 Å². The minimum atomic E-state index is -0.154. The first-order valence-corrected chi connectivity index (χ1v) is 10.9. The molecule has 0 aliphatic carbocycles. The number of hydrogen-bond donors (Lipinski definition) is 1. The number of nitrogens with one attached hydrogen (secondary N) is 1. The van der Waals surface area contributed by atoms with E-state index in [1.54, 1.807) is 12.3 Å². The fourth-order valence-corrected chi connectivity index (χ4v) is 3.73. The van der Waals surface area contributed by atoms with Crippen LogP contribution in [0.4, 0.5) is 0 Å². The summed E-state index contributed by atoms with van der Waals surface area (Å²) < 4.78 is 11.7. The summed E-state index contributed by atoms with van der Waals surface area (Å²) in [5.41, 5.74) is 5.40. The summed E-state index contributed by atoms with van der Waals surface area (Å²) in [4.78, 5) is 12.5. The van der Waals surface area contributed by atoms with Crippen molar-refractivity contribution in [2.45, 2.75) is 20.4 Å². The van der Waals surface area contributed by atoms with E-state index < -0.39 is 0 Å². The van der Waals surface area contributed by atoms with Gasteiger partial charge in [-0.25, -0.2) is 0 Å². The Morgan fingerprint density at radius 1 is 1.09 bits per heavy atom. The first kappa shape index (κ1) is 21.7. The number of benzene rings is 3. The molecule has 0 radical (unpaired) electrons. The Morgan fingerprint density at radius 3 is 2.56 bits per heavy atom. The molecular formula is C27H24ClNO3. The van der Waals surface area contributed by atoms with Crippen molar-refractivity contribution in [2.75, 3.05) is 6.61 Å². The second-order valence-electron chi connectivity index (χ2n) is 7.46. The van der Waals surface area contributed by atoms with Crippen LogP contribution in [0.5, 0.6) is 5.75 Å². The molecule has 1 N–H and O–H groups in total. The Morgan fingerprint density at radius 2 is 1.84 bits per heavy atom. The van der Waals surface area contributed by atoms with Crippen LogP contribution in [0, 0.1) is 0 Å². The van der Waals surface area contributed by atoms with Crippen LogP contribution in [-0.2, 0) is 11.3 Å². The van der Waals surface area contributed by atoms with Crippen LogP contribution >= 0.6 is 11.6 Å².